The third-order valence-corrected chi connectivity index (χ3v) is 3.17. The molecule has 0 aromatic heterocycles. The molecule has 1 aromatic rings. The first kappa shape index (κ1) is 13.8. The first-order chi connectivity index (χ1) is 9.11. The maximum Gasteiger partial charge on any atom is 0.248 e. The fourth-order valence-electron chi connectivity index (χ4n) is 1.93. The maximum absolute atomic E-state index is 11.9. The minimum Gasteiger partial charge on any atom is -0.314 e. The van der Waals surface area contributed by atoms with Crippen molar-refractivity contribution in [3.05, 3.63) is 29.3 Å². The predicted octanol–water partition coefficient (Wildman–Crippen LogP) is 1.08. The summed E-state index contributed by atoms with van der Waals surface area (Å²) < 4.78 is 0. The maximum atomic E-state index is 11.9. The number of carbonyl (C=O) groups excluding carboxylic acids is 2. The first-order valence-electron chi connectivity index (χ1n) is 6.16. The predicted molar refractivity (Wildman–Crippen MR) is 74.1 cm³/mol. The molecule has 6 heteroatoms. The summed E-state index contributed by atoms with van der Waals surface area (Å²) in [4.78, 5) is 26.9. The lowest BCUT2D eigenvalue weighted by Gasteiger charge is -2.18. The van der Waals surface area contributed by atoms with Crippen LogP contribution >= 0.6 is 11.6 Å². The summed E-state index contributed by atoms with van der Waals surface area (Å²) in [5.74, 6) is -0.160. The van der Waals surface area contributed by atoms with Gasteiger partial charge in [-0.05, 0) is 24.7 Å². The number of amides is 2. The van der Waals surface area contributed by atoms with E-state index in [0.717, 1.165) is 12.2 Å². The number of hydrogen-bond donors (Lipinski definition) is 1. The number of carbonyl (C=O) groups is 2. The number of halogens is 1. The standard InChI is InChI=1S/C13H16ClN3O2/c1-2-15-7-12(18)16-8-13(19)17(9-16)11-5-3-4-10(14)6-11/h3-6,15H,2,7-9H2,1H3. The van der Waals surface area contributed by atoms with Gasteiger partial charge in [-0.15, -0.1) is 0 Å². The van der Waals surface area contributed by atoms with Crippen molar-refractivity contribution in [2.75, 3.05) is 31.2 Å². The second-order valence-electron chi connectivity index (χ2n) is 4.32. The van der Waals surface area contributed by atoms with Crippen molar-refractivity contribution in [3.63, 3.8) is 0 Å². The van der Waals surface area contributed by atoms with E-state index in [9.17, 15) is 9.59 Å². The number of rotatable bonds is 4. The van der Waals surface area contributed by atoms with E-state index in [1.807, 2.05) is 13.0 Å². The molecule has 1 fully saturated rings. The van der Waals surface area contributed by atoms with Gasteiger partial charge in [0.2, 0.25) is 11.8 Å². The highest BCUT2D eigenvalue weighted by atomic mass is 35.5. The van der Waals surface area contributed by atoms with E-state index >= 15 is 0 Å². The molecule has 19 heavy (non-hydrogen) atoms. The van der Waals surface area contributed by atoms with E-state index in [0.29, 0.717) is 5.02 Å². The van der Waals surface area contributed by atoms with Gasteiger partial charge < -0.3 is 10.2 Å². The molecule has 0 radical (unpaired) electrons. The molecule has 102 valence electrons. The minimum atomic E-state index is -0.0906. The third kappa shape index (κ3) is 3.24. The van der Waals surface area contributed by atoms with E-state index in [1.54, 1.807) is 23.1 Å². The van der Waals surface area contributed by atoms with Crippen LogP contribution in [0.25, 0.3) is 0 Å². The fourth-order valence-corrected chi connectivity index (χ4v) is 2.11. The summed E-state index contributed by atoms with van der Waals surface area (Å²) in [6, 6.07) is 7.06. The van der Waals surface area contributed by atoms with Gasteiger partial charge in [-0.1, -0.05) is 24.6 Å². The molecule has 1 aliphatic heterocycles. The topological polar surface area (TPSA) is 52.7 Å². The van der Waals surface area contributed by atoms with Gasteiger partial charge in [0.25, 0.3) is 0 Å². The summed E-state index contributed by atoms with van der Waals surface area (Å²) in [5.41, 5.74) is 0.719. The fraction of sp³-hybridized carbons (Fsp3) is 0.385. The van der Waals surface area contributed by atoms with Crippen LogP contribution in [-0.4, -0.2) is 43.0 Å². The Hall–Kier alpha value is -1.59. The Morgan fingerprint density at radius 2 is 2.26 bits per heavy atom. The van der Waals surface area contributed by atoms with Crippen LogP contribution in [0.4, 0.5) is 5.69 Å². The zero-order chi connectivity index (χ0) is 13.8. The van der Waals surface area contributed by atoms with E-state index < -0.39 is 0 Å². The van der Waals surface area contributed by atoms with Crippen molar-refractivity contribution in [3.8, 4) is 0 Å². The Bertz CT molecular complexity index is 493. The number of hydrogen-bond acceptors (Lipinski definition) is 3. The molecule has 2 rings (SSSR count). The largest absolute Gasteiger partial charge is 0.314 e. The van der Waals surface area contributed by atoms with Gasteiger partial charge in [0.05, 0.1) is 6.54 Å². The van der Waals surface area contributed by atoms with Crippen LogP contribution in [0.1, 0.15) is 6.92 Å². The van der Waals surface area contributed by atoms with Gasteiger partial charge in [0.15, 0.2) is 0 Å². The van der Waals surface area contributed by atoms with E-state index in [2.05, 4.69) is 5.32 Å². The molecule has 0 aliphatic carbocycles. The van der Waals surface area contributed by atoms with Gasteiger partial charge in [-0.3, -0.25) is 14.5 Å². The average Bonchev–Trinajstić information content (AvgIpc) is 2.78. The summed E-state index contributed by atoms with van der Waals surface area (Å²) >= 11 is 5.91. The van der Waals surface area contributed by atoms with Crippen LogP contribution in [0.3, 0.4) is 0 Å². The van der Waals surface area contributed by atoms with Crippen LogP contribution in [0.5, 0.6) is 0 Å². The molecule has 0 spiro atoms. The summed E-state index contributed by atoms with van der Waals surface area (Å²) in [6.07, 6.45) is 0. The molecule has 0 bridgehead atoms. The van der Waals surface area contributed by atoms with Gasteiger partial charge >= 0.3 is 0 Å². The van der Waals surface area contributed by atoms with Crippen molar-refractivity contribution >= 4 is 29.1 Å². The SMILES string of the molecule is CCNCC(=O)N1CC(=O)N(c2cccc(Cl)c2)C1. The van der Waals surface area contributed by atoms with E-state index in [1.165, 1.54) is 4.90 Å². The normalized spacial score (nSPS) is 15.2. The van der Waals surface area contributed by atoms with Crippen molar-refractivity contribution in [1.29, 1.82) is 0 Å². The lowest BCUT2D eigenvalue weighted by atomic mass is 10.3. The summed E-state index contributed by atoms with van der Waals surface area (Å²) in [5, 5.41) is 3.53. The molecule has 2 amide bonds. The lowest BCUT2D eigenvalue weighted by Crippen LogP contribution is -2.37. The molecule has 1 saturated heterocycles. The van der Waals surface area contributed by atoms with E-state index in [4.69, 9.17) is 11.6 Å². The van der Waals surface area contributed by atoms with Crippen LogP contribution in [-0.2, 0) is 9.59 Å². The summed E-state index contributed by atoms with van der Waals surface area (Å²) in [6.45, 7) is 3.32. The van der Waals surface area contributed by atoms with Gasteiger partial charge in [0.1, 0.15) is 13.2 Å². The number of benzene rings is 1. The highest BCUT2D eigenvalue weighted by molar-refractivity contribution is 6.30. The molecular weight excluding hydrogens is 266 g/mol. The monoisotopic (exact) mass is 281 g/mol. The first-order valence-corrected chi connectivity index (χ1v) is 6.54. The minimum absolute atomic E-state index is 0.0697. The van der Waals surface area contributed by atoms with E-state index in [-0.39, 0.29) is 31.6 Å². The van der Waals surface area contributed by atoms with Crippen LogP contribution in [0.2, 0.25) is 5.02 Å². The Morgan fingerprint density at radius 3 is 2.95 bits per heavy atom. The van der Waals surface area contributed by atoms with Gasteiger partial charge in [-0.2, -0.15) is 0 Å². The average molecular weight is 282 g/mol. The number of nitrogens with zero attached hydrogens (tertiary/aromatic N) is 2. The molecule has 1 heterocycles. The number of nitrogens with one attached hydrogen (secondary N) is 1. The molecule has 5 nitrogen and oxygen atoms in total. The van der Waals surface area contributed by atoms with Crippen LogP contribution in [0.15, 0.2) is 24.3 Å². The molecule has 0 unspecified atom stereocenters. The quantitative estimate of drug-likeness (QED) is 0.899. The zero-order valence-corrected chi connectivity index (χ0v) is 11.5. The van der Waals surface area contributed by atoms with Crippen LogP contribution < -0.4 is 10.2 Å². The van der Waals surface area contributed by atoms with Crippen molar-refractivity contribution in [1.82, 2.24) is 10.2 Å². The van der Waals surface area contributed by atoms with Crippen LogP contribution in [0, 0.1) is 0 Å². The molecule has 0 saturated carbocycles. The van der Waals surface area contributed by atoms with Gasteiger partial charge in [0, 0.05) is 10.7 Å². The number of anilines is 1. The smallest absolute Gasteiger partial charge is 0.248 e. The van der Waals surface area contributed by atoms with Crippen molar-refractivity contribution in [2.45, 2.75) is 6.92 Å². The molecule has 1 N–H and O–H groups in total. The highest BCUT2D eigenvalue weighted by Crippen LogP contribution is 2.22. The Balaban J connectivity index is 2.05. The lowest BCUT2D eigenvalue weighted by molar-refractivity contribution is -0.130. The molecular formula is C13H16ClN3O2. The Kier molecular flexibility index (Phi) is 4.39. The Morgan fingerprint density at radius 1 is 1.47 bits per heavy atom. The zero-order valence-electron chi connectivity index (χ0n) is 10.7. The van der Waals surface area contributed by atoms with Crippen molar-refractivity contribution in [2.24, 2.45) is 0 Å². The molecule has 1 aliphatic rings. The number of likely N-dealkylation sites (N-methyl/N-ethyl adjacent to an activating group) is 1. The second-order valence-corrected chi connectivity index (χ2v) is 4.75. The highest BCUT2D eigenvalue weighted by Gasteiger charge is 2.31. The molecule has 0 atom stereocenters. The second kappa shape index (κ2) is 6.04. The van der Waals surface area contributed by atoms with Crippen molar-refractivity contribution < 1.29 is 9.59 Å². The Labute approximate surface area is 117 Å². The van der Waals surface area contributed by atoms with Gasteiger partial charge in [-0.25, -0.2) is 0 Å². The third-order valence-electron chi connectivity index (χ3n) is 2.94. The molecule has 1 aromatic carbocycles. The summed E-state index contributed by atoms with van der Waals surface area (Å²) in [7, 11) is 0.